The molecule has 1 aromatic rings. The zero-order chi connectivity index (χ0) is 14.3. The van der Waals surface area contributed by atoms with Crippen molar-refractivity contribution in [3.63, 3.8) is 0 Å². The Kier molecular flexibility index (Phi) is 6.24. The van der Waals surface area contributed by atoms with E-state index < -0.39 is 6.04 Å². The van der Waals surface area contributed by atoms with Crippen LogP contribution in [0.2, 0.25) is 0 Å². The number of ether oxygens (including phenoxy) is 2. The predicted octanol–water partition coefficient (Wildman–Crippen LogP) is 1.17. The maximum absolute atomic E-state index is 11.9. The van der Waals surface area contributed by atoms with E-state index in [4.69, 9.17) is 15.2 Å². The lowest BCUT2D eigenvalue weighted by atomic mass is 10.2. The van der Waals surface area contributed by atoms with Gasteiger partial charge in [-0.25, -0.2) is 4.98 Å². The van der Waals surface area contributed by atoms with Crippen LogP contribution in [0.5, 0.6) is 5.88 Å². The van der Waals surface area contributed by atoms with Crippen LogP contribution in [0, 0.1) is 0 Å². The number of aromatic nitrogens is 1. The molecule has 0 aromatic carbocycles. The highest BCUT2D eigenvalue weighted by molar-refractivity contribution is 5.95. The normalized spacial score (nSPS) is 12.3. The minimum Gasteiger partial charge on any atom is -0.473 e. The van der Waals surface area contributed by atoms with Gasteiger partial charge in [-0.05, 0) is 32.4 Å². The molecule has 1 rings (SSSR count). The van der Waals surface area contributed by atoms with E-state index in [9.17, 15) is 4.79 Å². The molecule has 0 bridgehead atoms. The molecule has 106 valence electrons. The molecule has 1 aromatic heterocycles. The molecule has 1 heterocycles. The fourth-order valence-corrected chi connectivity index (χ4v) is 1.40. The van der Waals surface area contributed by atoms with Gasteiger partial charge in [-0.3, -0.25) is 4.79 Å². The molecular weight excluding hydrogens is 246 g/mol. The number of anilines is 1. The number of nitrogens with one attached hydrogen (secondary N) is 1. The summed E-state index contributed by atoms with van der Waals surface area (Å²) in [5.41, 5.74) is 6.27. The highest BCUT2D eigenvalue weighted by atomic mass is 16.5. The molecule has 0 fully saturated rings. The predicted molar refractivity (Wildman–Crippen MR) is 73.1 cm³/mol. The number of methoxy groups -OCH3 is 1. The number of hydrogen-bond donors (Lipinski definition) is 2. The van der Waals surface area contributed by atoms with E-state index in [0.717, 1.165) is 0 Å². The van der Waals surface area contributed by atoms with Crippen molar-refractivity contribution in [2.45, 2.75) is 32.4 Å². The van der Waals surface area contributed by atoms with E-state index in [1.807, 2.05) is 13.8 Å². The molecule has 1 unspecified atom stereocenters. The fraction of sp³-hybridized carbons (Fsp3) is 0.538. The Morgan fingerprint density at radius 3 is 2.89 bits per heavy atom. The van der Waals surface area contributed by atoms with Crippen LogP contribution in [-0.2, 0) is 9.53 Å². The first-order valence-corrected chi connectivity index (χ1v) is 6.21. The lowest BCUT2D eigenvalue weighted by Crippen LogP contribution is -2.36. The topological polar surface area (TPSA) is 86.5 Å². The number of pyridine rings is 1. The average molecular weight is 267 g/mol. The Morgan fingerprint density at radius 2 is 2.26 bits per heavy atom. The molecule has 3 N–H and O–H groups in total. The molecule has 6 heteroatoms. The largest absolute Gasteiger partial charge is 0.473 e. The SMILES string of the molecule is COCCC(N)C(=O)Nc1cccnc1OC(C)C. The summed E-state index contributed by atoms with van der Waals surface area (Å²) in [5.74, 6) is 0.114. The number of amides is 1. The summed E-state index contributed by atoms with van der Waals surface area (Å²) < 4.78 is 10.4. The third-order valence-electron chi connectivity index (χ3n) is 2.35. The van der Waals surface area contributed by atoms with Gasteiger partial charge in [-0.1, -0.05) is 0 Å². The zero-order valence-corrected chi connectivity index (χ0v) is 11.6. The van der Waals surface area contributed by atoms with Gasteiger partial charge in [0.25, 0.3) is 0 Å². The van der Waals surface area contributed by atoms with E-state index in [2.05, 4.69) is 10.3 Å². The number of nitrogens with zero attached hydrogens (tertiary/aromatic N) is 1. The second kappa shape index (κ2) is 7.70. The minimum atomic E-state index is -0.618. The summed E-state index contributed by atoms with van der Waals surface area (Å²) in [5, 5.41) is 2.72. The Balaban J connectivity index is 2.68. The smallest absolute Gasteiger partial charge is 0.241 e. The van der Waals surface area contributed by atoms with Crippen LogP contribution in [0.3, 0.4) is 0 Å². The van der Waals surface area contributed by atoms with Crippen molar-refractivity contribution in [1.29, 1.82) is 0 Å². The fourth-order valence-electron chi connectivity index (χ4n) is 1.40. The standard InChI is InChI=1S/C13H21N3O3/c1-9(2)19-13-11(5-4-7-15-13)16-12(17)10(14)6-8-18-3/h4-5,7,9-10H,6,8,14H2,1-3H3,(H,16,17). The van der Waals surface area contributed by atoms with Crippen molar-refractivity contribution in [2.75, 3.05) is 19.0 Å². The van der Waals surface area contributed by atoms with Crippen molar-refractivity contribution in [1.82, 2.24) is 4.98 Å². The maximum atomic E-state index is 11.9. The second-order valence-electron chi connectivity index (χ2n) is 4.40. The van der Waals surface area contributed by atoms with Crippen LogP contribution in [-0.4, -0.2) is 36.8 Å². The molecule has 0 aliphatic carbocycles. The summed E-state index contributed by atoms with van der Waals surface area (Å²) >= 11 is 0. The zero-order valence-electron chi connectivity index (χ0n) is 11.6. The van der Waals surface area contributed by atoms with E-state index in [-0.39, 0.29) is 12.0 Å². The lowest BCUT2D eigenvalue weighted by Gasteiger charge is -2.15. The average Bonchev–Trinajstić information content (AvgIpc) is 2.37. The maximum Gasteiger partial charge on any atom is 0.241 e. The molecule has 1 atom stereocenters. The molecule has 0 saturated carbocycles. The molecule has 0 aliphatic rings. The highest BCUT2D eigenvalue weighted by Crippen LogP contribution is 2.21. The number of carbonyl (C=O) groups is 1. The Morgan fingerprint density at radius 1 is 1.53 bits per heavy atom. The van der Waals surface area contributed by atoms with Gasteiger partial charge in [-0.15, -0.1) is 0 Å². The van der Waals surface area contributed by atoms with Gasteiger partial charge in [0.15, 0.2) is 0 Å². The molecule has 0 radical (unpaired) electrons. The summed E-state index contributed by atoms with van der Waals surface area (Å²) in [6.07, 6.45) is 2.05. The monoisotopic (exact) mass is 267 g/mol. The number of carbonyl (C=O) groups excluding carboxylic acids is 1. The van der Waals surface area contributed by atoms with Crippen LogP contribution in [0.4, 0.5) is 5.69 Å². The van der Waals surface area contributed by atoms with Crippen LogP contribution < -0.4 is 15.8 Å². The molecule has 0 saturated heterocycles. The van der Waals surface area contributed by atoms with Crippen LogP contribution in [0.25, 0.3) is 0 Å². The van der Waals surface area contributed by atoms with Gasteiger partial charge in [-0.2, -0.15) is 0 Å². The van der Waals surface area contributed by atoms with E-state index in [1.165, 1.54) is 0 Å². The van der Waals surface area contributed by atoms with Crippen LogP contribution in [0.15, 0.2) is 18.3 Å². The van der Waals surface area contributed by atoms with Gasteiger partial charge >= 0.3 is 0 Å². The van der Waals surface area contributed by atoms with Gasteiger partial charge in [0.05, 0.1) is 12.1 Å². The van der Waals surface area contributed by atoms with Gasteiger partial charge in [0.1, 0.15) is 5.69 Å². The second-order valence-corrected chi connectivity index (χ2v) is 4.40. The van der Waals surface area contributed by atoms with Crippen molar-refractivity contribution < 1.29 is 14.3 Å². The van der Waals surface area contributed by atoms with Gasteiger partial charge < -0.3 is 20.5 Å². The molecule has 6 nitrogen and oxygen atoms in total. The first kappa shape index (κ1) is 15.4. The van der Waals surface area contributed by atoms with Crippen molar-refractivity contribution in [3.8, 4) is 5.88 Å². The van der Waals surface area contributed by atoms with Crippen molar-refractivity contribution in [3.05, 3.63) is 18.3 Å². The molecule has 0 aliphatic heterocycles. The summed E-state index contributed by atoms with van der Waals surface area (Å²) in [6.45, 7) is 4.23. The first-order valence-electron chi connectivity index (χ1n) is 6.21. The summed E-state index contributed by atoms with van der Waals surface area (Å²) in [6, 6.07) is 2.84. The Bertz CT molecular complexity index is 410. The third kappa shape index (κ3) is 5.23. The quantitative estimate of drug-likeness (QED) is 0.774. The first-order chi connectivity index (χ1) is 9.04. The van der Waals surface area contributed by atoms with Crippen molar-refractivity contribution >= 4 is 11.6 Å². The van der Waals surface area contributed by atoms with Gasteiger partial charge in [0, 0.05) is 19.9 Å². The lowest BCUT2D eigenvalue weighted by molar-refractivity contribution is -0.117. The van der Waals surface area contributed by atoms with Crippen molar-refractivity contribution in [2.24, 2.45) is 5.73 Å². The third-order valence-corrected chi connectivity index (χ3v) is 2.35. The molecule has 0 spiro atoms. The Labute approximate surface area is 113 Å². The summed E-state index contributed by atoms with van der Waals surface area (Å²) in [4.78, 5) is 16.0. The van der Waals surface area contributed by atoms with Crippen LogP contribution >= 0.6 is 0 Å². The summed E-state index contributed by atoms with van der Waals surface area (Å²) in [7, 11) is 1.57. The molecular formula is C13H21N3O3. The van der Waals surface area contributed by atoms with Gasteiger partial charge in [0.2, 0.25) is 11.8 Å². The number of hydrogen-bond acceptors (Lipinski definition) is 5. The van der Waals surface area contributed by atoms with Crippen LogP contribution in [0.1, 0.15) is 20.3 Å². The Hall–Kier alpha value is -1.66. The van der Waals surface area contributed by atoms with E-state index >= 15 is 0 Å². The molecule has 19 heavy (non-hydrogen) atoms. The minimum absolute atomic E-state index is 0.0206. The van der Waals surface area contributed by atoms with E-state index in [1.54, 1.807) is 25.4 Å². The number of rotatable bonds is 7. The highest BCUT2D eigenvalue weighted by Gasteiger charge is 2.16. The number of nitrogens with two attached hydrogens (primary N) is 1. The van der Waals surface area contributed by atoms with E-state index in [0.29, 0.717) is 24.6 Å². The molecule has 1 amide bonds.